The molecule has 1 aliphatic heterocycles. The van der Waals surface area contributed by atoms with Gasteiger partial charge in [0, 0.05) is 43.5 Å². The minimum atomic E-state index is -4.35. The van der Waals surface area contributed by atoms with Crippen molar-refractivity contribution in [3.63, 3.8) is 0 Å². The van der Waals surface area contributed by atoms with Crippen molar-refractivity contribution in [3.8, 4) is 17.1 Å². The summed E-state index contributed by atoms with van der Waals surface area (Å²) < 4.78 is 45.1. The van der Waals surface area contributed by atoms with Gasteiger partial charge in [-0.25, -0.2) is 4.98 Å². The molecule has 168 valence electrons. The number of alkyl halides is 3. The van der Waals surface area contributed by atoms with Gasteiger partial charge >= 0.3 is 6.18 Å². The summed E-state index contributed by atoms with van der Waals surface area (Å²) in [5.41, 5.74) is 1.67. The first-order chi connectivity index (χ1) is 15.3. The SMILES string of the molecule is CC(C)Oc1cc(-c2ccccc2)nc(N2CCN(c3cccc(C(F)(F)F)c3)CC2)n1. The predicted octanol–water partition coefficient (Wildman–Crippen LogP) is 5.28. The molecular weight excluding hydrogens is 417 g/mol. The van der Waals surface area contributed by atoms with Crippen LogP contribution in [0, 0.1) is 0 Å². The van der Waals surface area contributed by atoms with Gasteiger partial charge in [-0.2, -0.15) is 18.2 Å². The van der Waals surface area contributed by atoms with Crippen LogP contribution in [0.1, 0.15) is 19.4 Å². The Balaban J connectivity index is 1.54. The van der Waals surface area contributed by atoms with Crippen LogP contribution in [0.4, 0.5) is 24.8 Å². The molecular formula is C24H25F3N4O. The monoisotopic (exact) mass is 442 g/mol. The Morgan fingerprint density at radius 2 is 1.53 bits per heavy atom. The van der Waals surface area contributed by atoms with E-state index in [0.717, 1.165) is 17.3 Å². The third-order valence-electron chi connectivity index (χ3n) is 5.22. The maximum atomic E-state index is 13.1. The quantitative estimate of drug-likeness (QED) is 0.538. The Morgan fingerprint density at radius 3 is 2.19 bits per heavy atom. The average molecular weight is 442 g/mol. The van der Waals surface area contributed by atoms with Gasteiger partial charge in [0.2, 0.25) is 11.8 Å². The van der Waals surface area contributed by atoms with Crippen molar-refractivity contribution in [1.82, 2.24) is 9.97 Å². The number of rotatable bonds is 5. The molecule has 2 aromatic carbocycles. The fourth-order valence-electron chi connectivity index (χ4n) is 3.66. The van der Waals surface area contributed by atoms with Crippen molar-refractivity contribution >= 4 is 11.6 Å². The smallest absolute Gasteiger partial charge is 0.416 e. The Bertz CT molecular complexity index is 1050. The molecule has 32 heavy (non-hydrogen) atoms. The Hall–Kier alpha value is -3.29. The first-order valence-electron chi connectivity index (χ1n) is 10.6. The highest BCUT2D eigenvalue weighted by atomic mass is 19.4. The second kappa shape index (κ2) is 9.06. The molecule has 2 heterocycles. The number of hydrogen-bond donors (Lipinski definition) is 0. The summed E-state index contributed by atoms with van der Waals surface area (Å²) in [6.07, 6.45) is -4.38. The summed E-state index contributed by atoms with van der Waals surface area (Å²) in [6.45, 7) is 6.21. The number of benzene rings is 2. The molecule has 0 unspecified atom stereocenters. The lowest BCUT2D eigenvalue weighted by molar-refractivity contribution is -0.137. The molecule has 4 rings (SSSR count). The van der Waals surface area contributed by atoms with Gasteiger partial charge in [0.25, 0.3) is 0 Å². The van der Waals surface area contributed by atoms with Gasteiger partial charge in [-0.05, 0) is 32.0 Å². The highest BCUT2D eigenvalue weighted by molar-refractivity contribution is 5.62. The first kappa shape index (κ1) is 21.9. The second-order valence-electron chi connectivity index (χ2n) is 7.95. The maximum absolute atomic E-state index is 13.1. The number of halogens is 3. The number of aromatic nitrogens is 2. The normalized spacial score (nSPS) is 14.7. The van der Waals surface area contributed by atoms with E-state index in [2.05, 4.69) is 4.98 Å². The van der Waals surface area contributed by atoms with E-state index < -0.39 is 11.7 Å². The molecule has 0 bridgehead atoms. The molecule has 5 nitrogen and oxygen atoms in total. The van der Waals surface area contributed by atoms with E-state index >= 15 is 0 Å². The van der Waals surface area contributed by atoms with Gasteiger partial charge in [0.05, 0.1) is 17.4 Å². The van der Waals surface area contributed by atoms with E-state index in [1.807, 2.05) is 60.0 Å². The fourth-order valence-corrected chi connectivity index (χ4v) is 3.66. The van der Waals surface area contributed by atoms with Crippen LogP contribution in [0.3, 0.4) is 0 Å². The third kappa shape index (κ3) is 5.12. The van der Waals surface area contributed by atoms with Crippen LogP contribution in [0.2, 0.25) is 0 Å². The lowest BCUT2D eigenvalue weighted by Crippen LogP contribution is -2.47. The van der Waals surface area contributed by atoms with Crippen LogP contribution >= 0.6 is 0 Å². The zero-order valence-corrected chi connectivity index (χ0v) is 18.0. The van der Waals surface area contributed by atoms with Crippen molar-refractivity contribution in [2.24, 2.45) is 0 Å². The second-order valence-corrected chi connectivity index (χ2v) is 7.95. The minimum absolute atomic E-state index is 0.0286. The molecule has 1 aliphatic rings. The van der Waals surface area contributed by atoms with Crippen molar-refractivity contribution in [3.05, 3.63) is 66.2 Å². The number of anilines is 2. The highest BCUT2D eigenvalue weighted by Gasteiger charge is 2.31. The van der Waals surface area contributed by atoms with E-state index in [-0.39, 0.29) is 6.10 Å². The molecule has 0 atom stereocenters. The van der Waals surface area contributed by atoms with Crippen molar-refractivity contribution in [2.45, 2.75) is 26.1 Å². The molecule has 1 aromatic heterocycles. The molecule has 0 N–H and O–H groups in total. The zero-order chi connectivity index (χ0) is 22.7. The van der Waals surface area contributed by atoms with E-state index in [0.29, 0.717) is 43.7 Å². The topological polar surface area (TPSA) is 41.5 Å². The van der Waals surface area contributed by atoms with E-state index in [4.69, 9.17) is 9.72 Å². The van der Waals surface area contributed by atoms with Gasteiger partial charge in [-0.3, -0.25) is 0 Å². The van der Waals surface area contributed by atoms with Crippen LogP contribution in [0.5, 0.6) is 5.88 Å². The summed E-state index contributed by atoms with van der Waals surface area (Å²) >= 11 is 0. The Labute approximate surface area is 185 Å². The van der Waals surface area contributed by atoms with Crippen LogP contribution in [-0.4, -0.2) is 42.3 Å². The number of hydrogen-bond acceptors (Lipinski definition) is 5. The van der Waals surface area contributed by atoms with Gasteiger partial charge in [0.15, 0.2) is 0 Å². The largest absolute Gasteiger partial charge is 0.475 e. The van der Waals surface area contributed by atoms with E-state index in [9.17, 15) is 13.2 Å². The Kier molecular flexibility index (Phi) is 6.21. The van der Waals surface area contributed by atoms with E-state index in [1.54, 1.807) is 6.07 Å². The zero-order valence-electron chi connectivity index (χ0n) is 18.0. The number of piperazine rings is 1. The first-order valence-corrected chi connectivity index (χ1v) is 10.6. The summed E-state index contributed by atoms with van der Waals surface area (Å²) in [5.74, 6) is 1.06. The number of ether oxygens (including phenoxy) is 1. The summed E-state index contributed by atoms with van der Waals surface area (Å²) in [4.78, 5) is 13.3. The summed E-state index contributed by atoms with van der Waals surface area (Å²) in [5, 5.41) is 0. The van der Waals surface area contributed by atoms with Crippen molar-refractivity contribution in [2.75, 3.05) is 36.0 Å². The van der Waals surface area contributed by atoms with Crippen LogP contribution in [-0.2, 0) is 6.18 Å². The van der Waals surface area contributed by atoms with Crippen LogP contribution < -0.4 is 14.5 Å². The van der Waals surface area contributed by atoms with Crippen LogP contribution in [0.25, 0.3) is 11.3 Å². The van der Waals surface area contributed by atoms with Gasteiger partial charge < -0.3 is 14.5 Å². The van der Waals surface area contributed by atoms with Crippen molar-refractivity contribution < 1.29 is 17.9 Å². The predicted molar refractivity (Wildman–Crippen MR) is 119 cm³/mol. The molecule has 8 heteroatoms. The molecule has 1 saturated heterocycles. The average Bonchev–Trinajstić information content (AvgIpc) is 2.79. The van der Waals surface area contributed by atoms with E-state index in [1.165, 1.54) is 12.1 Å². The molecule has 3 aromatic rings. The van der Waals surface area contributed by atoms with Gasteiger partial charge in [0.1, 0.15) is 0 Å². The van der Waals surface area contributed by atoms with Crippen LogP contribution in [0.15, 0.2) is 60.7 Å². The maximum Gasteiger partial charge on any atom is 0.416 e. The highest BCUT2D eigenvalue weighted by Crippen LogP contribution is 2.32. The lowest BCUT2D eigenvalue weighted by atomic mass is 10.1. The van der Waals surface area contributed by atoms with Gasteiger partial charge in [-0.1, -0.05) is 36.4 Å². The molecule has 0 aliphatic carbocycles. The number of nitrogens with zero attached hydrogens (tertiary/aromatic N) is 4. The summed E-state index contributed by atoms with van der Waals surface area (Å²) in [6, 6.07) is 17.1. The van der Waals surface area contributed by atoms with Gasteiger partial charge in [-0.15, -0.1) is 0 Å². The molecule has 0 saturated carbocycles. The third-order valence-corrected chi connectivity index (χ3v) is 5.22. The molecule has 0 amide bonds. The summed E-state index contributed by atoms with van der Waals surface area (Å²) in [7, 11) is 0. The molecule has 1 fully saturated rings. The molecule has 0 radical (unpaired) electrons. The van der Waals surface area contributed by atoms with Crippen molar-refractivity contribution in [1.29, 1.82) is 0 Å². The Morgan fingerprint density at radius 1 is 0.844 bits per heavy atom. The lowest BCUT2D eigenvalue weighted by Gasteiger charge is -2.36. The molecule has 0 spiro atoms. The fraction of sp³-hybridized carbons (Fsp3) is 0.333. The standard InChI is InChI=1S/C24H25F3N4O/c1-17(2)32-22-16-21(18-7-4-3-5-8-18)28-23(29-22)31-13-11-30(12-14-31)20-10-6-9-19(15-20)24(25,26)27/h3-10,15-17H,11-14H2,1-2H3. The minimum Gasteiger partial charge on any atom is -0.475 e.